The maximum Gasteiger partial charge on any atom is 0.347 e. The Hall–Kier alpha value is -2.42. The molecule has 0 saturated carbocycles. The molecule has 2 atom stereocenters. The number of hydrogen-bond donors (Lipinski definition) is 1. The van der Waals surface area contributed by atoms with Crippen molar-refractivity contribution in [2.24, 2.45) is 0 Å². The lowest BCUT2D eigenvalue weighted by atomic mass is 10.3. The van der Waals surface area contributed by atoms with Crippen molar-refractivity contribution < 1.29 is 43.2 Å². The molecule has 2 unspecified atom stereocenters. The van der Waals surface area contributed by atoms with Crippen molar-refractivity contribution in [2.45, 2.75) is 38.4 Å². The third kappa shape index (κ3) is 7.23. The van der Waals surface area contributed by atoms with Gasteiger partial charge in [0.05, 0.1) is 19.4 Å². The van der Waals surface area contributed by atoms with Gasteiger partial charge in [-0.15, -0.1) is 0 Å². The molecule has 9 nitrogen and oxygen atoms in total. The van der Waals surface area contributed by atoms with Crippen LogP contribution in [0, 0.1) is 0 Å². The highest BCUT2D eigenvalue weighted by Gasteiger charge is 2.30. The third-order valence-corrected chi connectivity index (χ3v) is 2.89. The van der Waals surface area contributed by atoms with Crippen molar-refractivity contribution in [3.63, 3.8) is 0 Å². The molecule has 0 spiro atoms. The van der Waals surface area contributed by atoms with Crippen molar-refractivity contribution in [3.8, 4) is 0 Å². The molecule has 1 aliphatic heterocycles. The zero-order chi connectivity index (χ0) is 18.1. The minimum Gasteiger partial charge on any atom is -0.463 e. The first-order valence-corrected chi connectivity index (χ1v) is 7.32. The van der Waals surface area contributed by atoms with Crippen LogP contribution in [0.4, 0.5) is 0 Å². The molecule has 0 bridgehead atoms. The fraction of sp³-hybridized carbons (Fsp3) is 0.600. The first-order chi connectivity index (χ1) is 11.3. The van der Waals surface area contributed by atoms with Gasteiger partial charge in [-0.3, -0.25) is 9.59 Å². The molecule has 0 aromatic rings. The Morgan fingerprint density at radius 1 is 1.25 bits per heavy atom. The Kier molecular flexibility index (Phi) is 7.90. The summed E-state index contributed by atoms with van der Waals surface area (Å²) in [6, 6.07) is 0. The molecule has 0 aliphatic carbocycles. The van der Waals surface area contributed by atoms with Gasteiger partial charge in [0.25, 0.3) is 0 Å². The van der Waals surface area contributed by atoms with E-state index in [0.29, 0.717) is 6.42 Å². The van der Waals surface area contributed by atoms with Crippen LogP contribution in [0.5, 0.6) is 0 Å². The molecule has 0 amide bonds. The summed E-state index contributed by atoms with van der Waals surface area (Å²) in [6.07, 6.45) is -2.33. The van der Waals surface area contributed by atoms with E-state index in [1.807, 2.05) is 0 Å². The number of aliphatic hydroxyl groups is 1. The van der Waals surface area contributed by atoms with Crippen LogP contribution in [-0.4, -0.2) is 61.0 Å². The molecule has 1 rings (SSSR count). The predicted molar refractivity (Wildman–Crippen MR) is 77.4 cm³/mol. The van der Waals surface area contributed by atoms with Crippen molar-refractivity contribution >= 4 is 23.9 Å². The first-order valence-electron chi connectivity index (χ1n) is 7.32. The van der Waals surface area contributed by atoms with Crippen molar-refractivity contribution in [1.29, 1.82) is 0 Å². The minimum atomic E-state index is -1.18. The average molecular weight is 344 g/mol. The van der Waals surface area contributed by atoms with Gasteiger partial charge < -0.3 is 24.1 Å². The predicted octanol–water partition coefficient (Wildman–Crippen LogP) is -0.351. The smallest absolute Gasteiger partial charge is 0.347 e. The van der Waals surface area contributed by atoms with Gasteiger partial charge in [-0.25, -0.2) is 9.59 Å². The van der Waals surface area contributed by atoms with Crippen LogP contribution in [0.1, 0.15) is 26.2 Å². The first kappa shape index (κ1) is 19.6. The second-order valence-corrected chi connectivity index (χ2v) is 5.15. The fourth-order valence-corrected chi connectivity index (χ4v) is 1.61. The van der Waals surface area contributed by atoms with Gasteiger partial charge in [0.2, 0.25) is 6.10 Å². The normalized spacial score (nSPS) is 17.6. The minimum absolute atomic E-state index is 0.184. The summed E-state index contributed by atoms with van der Waals surface area (Å²) >= 11 is 0. The summed E-state index contributed by atoms with van der Waals surface area (Å²) in [4.78, 5) is 45.1. The van der Waals surface area contributed by atoms with Crippen molar-refractivity contribution in [2.75, 3.05) is 19.8 Å². The number of ether oxygens (including phenoxy) is 4. The van der Waals surface area contributed by atoms with Crippen molar-refractivity contribution in [3.05, 3.63) is 12.2 Å². The van der Waals surface area contributed by atoms with Gasteiger partial charge in [-0.2, -0.15) is 0 Å². The zero-order valence-corrected chi connectivity index (χ0v) is 13.3. The highest BCUT2D eigenvalue weighted by molar-refractivity contribution is 5.87. The molecular formula is C15H20O9. The number of aliphatic hydroxyl groups excluding tert-OH is 1. The Balaban J connectivity index is 2.14. The maximum absolute atomic E-state index is 11.5. The van der Waals surface area contributed by atoms with Gasteiger partial charge in [-0.1, -0.05) is 6.58 Å². The van der Waals surface area contributed by atoms with Gasteiger partial charge in [0.1, 0.15) is 19.3 Å². The average Bonchev–Trinajstić information content (AvgIpc) is 2.93. The van der Waals surface area contributed by atoms with Crippen LogP contribution in [-0.2, 0) is 38.1 Å². The van der Waals surface area contributed by atoms with Crippen LogP contribution in [0.3, 0.4) is 0 Å². The summed E-state index contributed by atoms with van der Waals surface area (Å²) in [7, 11) is 0. The van der Waals surface area contributed by atoms with Crippen LogP contribution in [0.15, 0.2) is 12.2 Å². The lowest BCUT2D eigenvalue weighted by Gasteiger charge is -2.12. The molecule has 1 N–H and O–H groups in total. The highest BCUT2D eigenvalue weighted by Crippen LogP contribution is 2.11. The molecular weight excluding hydrogens is 324 g/mol. The van der Waals surface area contributed by atoms with E-state index in [9.17, 15) is 24.3 Å². The molecule has 134 valence electrons. The van der Waals surface area contributed by atoms with Crippen LogP contribution >= 0.6 is 0 Å². The second kappa shape index (κ2) is 9.66. The third-order valence-electron chi connectivity index (χ3n) is 2.89. The van der Waals surface area contributed by atoms with E-state index in [4.69, 9.17) is 9.47 Å². The molecule has 24 heavy (non-hydrogen) atoms. The SMILES string of the molecule is C=C(C)C(=O)OCC(O)COC(=O)CCC(=O)OC1CCOC1=O. The van der Waals surface area contributed by atoms with E-state index >= 15 is 0 Å². The summed E-state index contributed by atoms with van der Waals surface area (Å²) in [5.41, 5.74) is 0.184. The Morgan fingerprint density at radius 3 is 2.46 bits per heavy atom. The van der Waals surface area contributed by atoms with Crippen molar-refractivity contribution in [1.82, 2.24) is 0 Å². The quantitative estimate of drug-likeness (QED) is 0.339. The van der Waals surface area contributed by atoms with E-state index in [1.54, 1.807) is 0 Å². The molecule has 1 aliphatic rings. The zero-order valence-electron chi connectivity index (χ0n) is 13.3. The fourth-order valence-electron chi connectivity index (χ4n) is 1.61. The van der Waals surface area contributed by atoms with E-state index < -0.39 is 36.1 Å². The maximum atomic E-state index is 11.5. The largest absolute Gasteiger partial charge is 0.463 e. The Bertz CT molecular complexity index is 511. The van der Waals surface area contributed by atoms with E-state index in [2.05, 4.69) is 16.1 Å². The van der Waals surface area contributed by atoms with Gasteiger partial charge in [-0.05, 0) is 6.92 Å². The molecule has 1 saturated heterocycles. The molecule has 0 aromatic carbocycles. The monoisotopic (exact) mass is 344 g/mol. The molecule has 1 heterocycles. The standard InChI is InChI=1S/C15H20O9/c1-9(2)14(19)23-8-10(16)7-22-12(17)3-4-13(18)24-11-5-6-21-15(11)20/h10-11,16H,1,3-8H2,2H3. The van der Waals surface area contributed by atoms with E-state index in [0.717, 1.165) is 0 Å². The summed E-state index contributed by atoms with van der Waals surface area (Å²) in [5.74, 6) is -2.70. The lowest BCUT2D eigenvalue weighted by Crippen LogP contribution is -2.26. The highest BCUT2D eigenvalue weighted by atomic mass is 16.6. The lowest BCUT2D eigenvalue weighted by molar-refractivity contribution is -0.161. The Labute approximate surface area is 138 Å². The summed E-state index contributed by atoms with van der Waals surface area (Å²) < 4.78 is 18.9. The van der Waals surface area contributed by atoms with Gasteiger partial charge >= 0.3 is 23.9 Å². The number of cyclic esters (lactones) is 1. The summed E-state index contributed by atoms with van der Waals surface area (Å²) in [6.45, 7) is 4.31. The van der Waals surface area contributed by atoms with Crippen LogP contribution < -0.4 is 0 Å². The van der Waals surface area contributed by atoms with Gasteiger partial charge in [0.15, 0.2) is 0 Å². The van der Waals surface area contributed by atoms with Crippen LogP contribution in [0.2, 0.25) is 0 Å². The van der Waals surface area contributed by atoms with Crippen LogP contribution in [0.25, 0.3) is 0 Å². The second-order valence-electron chi connectivity index (χ2n) is 5.15. The molecule has 9 heteroatoms. The summed E-state index contributed by atoms with van der Waals surface area (Å²) in [5, 5.41) is 9.50. The number of carbonyl (C=O) groups is 4. The number of carbonyl (C=O) groups excluding carboxylic acids is 4. The van der Waals surface area contributed by atoms with E-state index in [1.165, 1.54) is 6.92 Å². The number of rotatable bonds is 9. The topological polar surface area (TPSA) is 125 Å². The van der Waals surface area contributed by atoms with E-state index in [-0.39, 0.29) is 38.2 Å². The Morgan fingerprint density at radius 2 is 1.88 bits per heavy atom. The number of esters is 4. The van der Waals surface area contributed by atoms with Gasteiger partial charge in [0, 0.05) is 12.0 Å². The molecule has 0 radical (unpaired) electrons. The number of hydrogen-bond acceptors (Lipinski definition) is 9. The molecule has 0 aromatic heterocycles. The molecule has 1 fully saturated rings.